The first-order valence-electron chi connectivity index (χ1n) is 6.14. The minimum absolute atomic E-state index is 0.172. The fourth-order valence-electron chi connectivity index (χ4n) is 1.98. The molecular formula is C15H12BrN3O. The molecule has 0 bridgehead atoms. The minimum Gasteiger partial charge on any atom is -0.506 e. The lowest BCUT2D eigenvalue weighted by Gasteiger charge is -2.09. The smallest absolute Gasteiger partial charge is 0.133 e. The molecule has 100 valence electrons. The molecule has 2 aromatic heterocycles. The molecule has 0 aliphatic rings. The molecule has 0 aliphatic heterocycles. The average Bonchev–Trinajstić information content (AvgIpc) is 2.46. The van der Waals surface area contributed by atoms with E-state index in [2.05, 4.69) is 31.2 Å². The highest BCUT2D eigenvalue weighted by molar-refractivity contribution is 9.10. The first kappa shape index (κ1) is 12.9. The van der Waals surface area contributed by atoms with Crippen molar-refractivity contribution in [1.29, 1.82) is 0 Å². The van der Waals surface area contributed by atoms with Crippen LogP contribution in [0.25, 0.3) is 10.9 Å². The molecule has 2 heterocycles. The van der Waals surface area contributed by atoms with Crippen LogP contribution in [0.5, 0.6) is 5.75 Å². The van der Waals surface area contributed by atoms with Gasteiger partial charge >= 0.3 is 0 Å². The van der Waals surface area contributed by atoms with E-state index in [0.717, 1.165) is 26.8 Å². The van der Waals surface area contributed by atoms with Crippen LogP contribution in [0.15, 0.2) is 53.3 Å². The molecule has 0 unspecified atom stereocenters. The van der Waals surface area contributed by atoms with E-state index in [4.69, 9.17) is 0 Å². The highest BCUT2D eigenvalue weighted by atomic mass is 79.9. The highest BCUT2D eigenvalue weighted by Gasteiger charge is 2.03. The van der Waals surface area contributed by atoms with Gasteiger partial charge in [-0.2, -0.15) is 0 Å². The van der Waals surface area contributed by atoms with E-state index in [-0.39, 0.29) is 5.75 Å². The van der Waals surface area contributed by atoms with Gasteiger partial charge in [-0.05, 0) is 40.2 Å². The zero-order chi connectivity index (χ0) is 13.9. The number of para-hydroxylation sites is 1. The Labute approximate surface area is 124 Å². The number of benzene rings is 1. The van der Waals surface area contributed by atoms with Gasteiger partial charge in [-0.15, -0.1) is 0 Å². The van der Waals surface area contributed by atoms with Crippen LogP contribution >= 0.6 is 15.9 Å². The molecule has 0 saturated heterocycles. The van der Waals surface area contributed by atoms with Gasteiger partial charge in [-0.25, -0.2) is 0 Å². The second-order valence-corrected chi connectivity index (χ2v) is 5.31. The van der Waals surface area contributed by atoms with Crippen LogP contribution in [0.3, 0.4) is 0 Å². The molecule has 0 radical (unpaired) electrons. The number of hydrogen-bond acceptors (Lipinski definition) is 4. The summed E-state index contributed by atoms with van der Waals surface area (Å²) in [6.07, 6.45) is 3.22. The van der Waals surface area contributed by atoms with Crippen molar-refractivity contribution in [3.05, 3.63) is 59.0 Å². The number of nitrogens with one attached hydrogen (secondary N) is 1. The van der Waals surface area contributed by atoms with Gasteiger partial charge in [0.1, 0.15) is 5.75 Å². The van der Waals surface area contributed by atoms with E-state index >= 15 is 0 Å². The van der Waals surface area contributed by atoms with E-state index in [1.54, 1.807) is 18.3 Å². The zero-order valence-corrected chi connectivity index (χ0v) is 12.1. The molecule has 3 aromatic rings. The summed E-state index contributed by atoms with van der Waals surface area (Å²) in [5, 5.41) is 13.6. The first-order chi connectivity index (χ1) is 9.72. The molecule has 0 saturated carbocycles. The summed E-state index contributed by atoms with van der Waals surface area (Å²) in [6, 6.07) is 11.5. The number of fused-ring (bicyclic) bond motifs is 1. The molecule has 0 amide bonds. The zero-order valence-electron chi connectivity index (χ0n) is 10.5. The summed E-state index contributed by atoms with van der Waals surface area (Å²) in [6.45, 7) is 0.580. The van der Waals surface area contributed by atoms with Gasteiger partial charge in [0.2, 0.25) is 0 Å². The van der Waals surface area contributed by atoms with E-state index in [9.17, 15) is 5.11 Å². The number of hydrogen-bond donors (Lipinski definition) is 2. The van der Waals surface area contributed by atoms with E-state index < -0.39 is 0 Å². The van der Waals surface area contributed by atoms with Gasteiger partial charge in [0.15, 0.2) is 0 Å². The van der Waals surface area contributed by atoms with Crippen LogP contribution in [-0.2, 0) is 6.54 Å². The summed E-state index contributed by atoms with van der Waals surface area (Å²) in [7, 11) is 0. The lowest BCUT2D eigenvalue weighted by molar-refractivity contribution is 0.472. The topological polar surface area (TPSA) is 58.0 Å². The third-order valence-corrected chi connectivity index (χ3v) is 3.38. The van der Waals surface area contributed by atoms with E-state index in [1.807, 2.05) is 24.3 Å². The Bertz CT molecular complexity index is 744. The van der Waals surface area contributed by atoms with Gasteiger partial charge in [-0.3, -0.25) is 9.97 Å². The van der Waals surface area contributed by atoms with Crippen molar-refractivity contribution in [2.24, 2.45) is 0 Å². The van der Waals surface area contributed by atoms with E-state index in [0.29, 0.717) is 6.54 Å². The molecule has 4 nitrogen and oxygen atoms in total. The normalized spacial score (nSPS) is 10.7. The molecule has 0 fully saturated rings. The second kappa shape index (κ2) is 5.46. The summed E-state index contributed by atoms with van der Waals surface area (Å²) in [5.74, 6) is 0.172. The van der Waals surface area contributed by atoms with Crippen LogP contribution in [0, 0.1) is 0 Å². The maximum Gasteiger partial charge on any atom is 0.133 e. The number of nitrogens with zero attached hydrogens (tertiary/aromatic N) is 2. The van der Waals surface area contributed by atoms with Crippen LogP contribution in [-0.4, -0.2) is 15.1 Å². The molecule has 1 aromatic carbocycles. The van der Waals surface area contributed by atoms with Gasteiger partial charge < -0.3 is 10.4 Å². The maximum atomic E-state index is 9.21. The van der Waals surface area contributed by atoms with Crippen molar-refractivity contribution in [3.63, 3.8) is 0 Å². The van der Waals surface area contributed by atoms with Gasteiger partial charge in [0.05, 0.1) is 29.6 Å². The van der Waals surface area contributed by atoms with Crippen molar-refractivity contribution in [2.75, 3.05) is 5.32 Å². The Morgan fingerprint density at radius 1 is 1.10 bits per heavy atom. The second-order valence-electron chi connectivity index (χ2n) is 4.39. The van der Waals surface area contributed by atoms with Crippen molar-refractivity contribution < 1.29 is 5.11 Å². The number of aromatic nitrogens is 2. The third kappa shape index (κ3) is 2.72. The van der Waals surface area contributed by atoms with Crippen LogP contribution in [0.4, 0.5) is 5.69 Å². The summed E-state index contributed by atoms with van der Waals surface area (Å²) < 4.78 is 0.961. The fraction of sp³-hybridized carbons (Fsp3) is 0.0667. The number of rotatable bonds is 3. The van der Waals surface area contributed by atoms with Crippen LogP contribution < -0.4 is 5.32 Å². The maximum absolute atomic E-state index is 9.21. The Morgan fingerprint density at radius 3 is 2.80 bits per heavy atom. The molecule has 0 aliphatic carbocycles. The monoisotopic (exact) mass is 329 g/mol. The molecular weight excluding hydrogens is 318 g/mol. The van der Waals surface area contributed by atoms with Gasteiger partial charge in [-0.1, -0.05) is 12.1 Å². The number of pyridine rings is 2. The first-order valence-corrected chi connectivity index (χ1v) is 6.94. The lowest BCUT2D eigenvalue weighted by atomic mass is 10.2. The quantitative estimate of drug-likeness (QED) is 0.769. The largest absolute Gasteiger partial charge is 0.506 e. The molecule has 20 heavy (non-hydrogen) atoms. The highest BCUT2D eigenvalue weighted by Crippen LogP contribution is 2.24. The molecule has 0 atom stereocenters. The predicted molar refractivity (Wildman–Crippen MR) is 82.7 cm³/mol. The van der Waals surface area contributed by atoms with Crippen LogP contribution in [0.2, 0.25) is 0 Å². The van der Waals surface area contributed by atoms with Gasteiger partial charge in [0.25, 0.3) is 0 Å². The number of halogens is 1. The third-order valence-electron chi connectivity index (χ3n) is 2.95. The molecule has 3 rings (SSSR count). The Balaban J connectivity index is 1.85. The Kier molecular flexibility index (Phi) is 3.52. The van der Waals surface area contributed by atoms with Crippen molar-refractivity contribution >= 4 is 32.5 Å². The van der Waals surface area contributed by atoms with Gasteiger partial charge in [0, 0.05) is 16.1 Å². The SMILES string of the molecule is Oc1ccc(CNc2cccc3cc(Br)cnc23)nc1. The number of aromatic hydroxyl groups is 1. The molecule has 0 spiro atoms. The molecule has 2 N–H and O–H groups in total. The lowest BCUT2D eigenvalue weighted by Crippen LogP contribution is -2.02. The fourth-order valence-corrected chi connectivity index (χ4v) is 2.33. The van der Waals surface area contributed by atoms with Crippen molar-refractivity contribution in [1.82, 2.24) is 9.97 Å². The summed E-state index contributed by atoms with van der Waals surface area (Å²) >= 11 is 3.42. The predicted octanol–water partition coefficient (Wildman–Crippen LogP) is 3.71. The minimum atomic E-state index is 0.172. The van der Waals surface area contributed by atoms with Crippen LogP contribution in [0.1, 0.15) is 5.69 Å². The Morgan fingerprint density at radius 2 is 2.00 bits per heavy atom. The van der Waals surface area contributed by atoms with E-state index in [1.165, 1.54) is 6.20 Å². The Hall–Kier alpha value is -2.14. The average molecular weight is 330 g/mol. The standard InChI is InChI=1S/C15H12BrN3O/c16-11-6-10-2-1-3-14(15(10)19-7-11)18-8-12-4-5-13(20)9-17-12/h1-7,9,18,20H,8H2. The summed E-state index contributed by atoms with van der Waals surface area (Å²) in [4.78, 5) is 8.58. The molecule has 5 heteroatoms. The van der Waals surface area contributed by atoms with Crippen molar-refractivity contribution in [3.8, 4) is 5.75 Å². The number of anilines is 1. The van der Waals surface area contributed by atoms with Crippen molar-refractivity contribution in [2.45, 2.75) is 6.54 Å². The summed E-state index contributed by atoms with van der Waals surface area (Å²) in [5.41, 5.74) is 2.75.